The first kappa shape index (κ1) is 15.7. The SMILES string of the molecule is C[C@@H]([NH2+]Cc1nc2ccccc2c(=O)[nH]1)c1ccc2c(c1)OCCO2. The monoisotopic (exact) mass is 338 g/mol. The van der Waals surface area contributed by atoms with E-state index in [2.05, 4.69) is 22.2 Å². The summed E-state index contributed by atoms with van der Waals surface area (Å²) in [5, 5.41) is 2.75. The maximum atomic E-state index is 12.1. The standard InChI is InChI=1S/C19H19N3O3/c1-12(13-6-7-16-17(10-13)25-9-8-24-16)20-11-18-21-15-5-3-2-4-14(15)19(23)22-18/h2-7,10,12,20H,8-9,11H2,1H3,(H,21,22,23)/p+1/t12-/m1/s1. The van der Waals surface area contributed by atoms with Gasteiger partial charge >= 0.3 is 0 Å². The van der Waals surface area contributed by atoms with Crippen molar-refractivity contribution in [3.05, 3.63) is 64.2 Å². The second kappa shape index (κ2) is 6.57. The molecule has 3 aromatic rings. The van der Waals surface area contributed by atoms with Gasteiger partial charge in [0, 0.05) is 5.56 Å². The van der Waals surface area contributed by atoms with Crippen LogP contribution in [0.1, 0.15) is 24.4 Å². The summed E-state index contributed by atoms with van der Waals surface area (Å²) in [7, 11) is 0. The summed E-state index contributed by atoms with van der Waals surface area (Å²) in [6.45, 7) is 3.88. The van der Waals surface area contributed by atoms with Crippen molar-refractivity contribution in [2.24, 2.45) is 0 Å². The Morgan fingerprint density at radius 1 is 1.16 bits per heavy atom. The Morgan fingerprint density at radius 2 is 1.96 bits per heavy atom. The molecule has 2 aromatic carbocycles. The molecule has 1 atom stereocenters. The number of hydrogen-bond donors (Lipinski definition) is 2. The average molecular weight is 338 g/mol. The minimum Gasteiger partial charge on any atom is -0.486 e. The van der Waals surface area contributed by atoms with Crippen LogP contribution >= 0.6 is 0 Å². The fraction of sp³-hybridized carbons (Fsp3) is 0.263. The molecule has 0 amide bonds. The van der Waals surface area contributed by atoms with Crippen molar-refractivity contribution in [2.75, 3.05) is 13.2 Å². The molecule has 0 unspecified atom stereocenters. The third-order valence-corrected chi connectivity index (χ3v) is 4.42. The largest absolute Gasteiger partial charge is 0.486 e. The molecule has 0 aliphatic carbocycles. The summed E-state index contributed by atoms with van der Waals surface area (Å²) in [5.74, 6) is 2.26. The lowest BCUT2D eigenvalue weighted by molar-refractivity contribution is -0.708. The normalized spacial score (nSPS) is 14.4. The molecule has 4 rings (SSSR count). The molecule has 1 aromatic heterocycles. The number of benzene rings is 2. The second-order valence-electron chi connectivity index (χ2n) is 6.16. The highest BCUT2D eigenvalue weighted by atomic mass is 16.6. The van der Waals surface area contributed by atoms with Crippen molar-refractivity contribution in [1.82, 2.24) is 9.97 Å². The van der Waals surface area contributed by atoms with Gasteiger partial charge in [-0.1, -0.05) is 12.1 Å². The number of hydrogen-bond acceptors (Lipinski definition) is 4. The fourth-order valence-corrected chi connectivity index (χ4v) is 3.00. The summed E-state index contributed by atoms with van der Waals surface area (Å²) in [6, 6.07) is 13.6. The van der Waals surface area contributed by atoms with Crippen LogP contribution in [-0.2, 0) is 6.54 Å². The van der Waals surface area contributed by atoms with Crippen LogP contribution in [0.25, 0.3) is 10.9 Å². The smallest absolute Gasteiger partial charge is 0.258 e. The number of nitrogens with one attached hydrogen (secondary N) is 1. The first-order valence-electron chi connectivity index (χ1n) is 8.41. The van der Waals surface area contributed by atoms with Crippen molar-refractivity contribution in [1.29, 1.82) is 0 Å². The van der Waals surface area contributed by atoms with Gasteiger partial charge in [0.15, 0.2) is 17.3 Å². The molecule has 0 saturated heterocycles. The highest BCUT2D eigenvalue weighted by Gasteiger charge is 2.16. The Kier molecular flexibility index (Phi) is 4.11. The van der Waals surface area contributed by atoms with Crippen molar-refractivity contribution in [2.45, 2.75) is 19.5 Å². The van der Waals surface area contributed by atoms with Crippen LogP contribution in [0.5, 0.6) is 11.5 Å². The Morgan fingerprint density at radius 3 is 2.84 bits per heavy atom. The molecular formula is C19H20N3O3+. The van der Waals surface area contributed by atoms with Crippen molar-refractivity contribution >= 4 is 10.9 Å². The first-order valence-corrected chi connectivity index (χ1v) is 8.41. The van der Waals surface area contributed by atoms with Crippen LogP contribution < -0.4 is 20.3 Å². The zero-order valence-electron chi connectivity index (χ0n) is 14.0. The summed E-state index contributed by atoms with van der Waals surface area (Å²) in [6.07, 6.45) is 0. The maximum Gasteiger partial charge on any atom is 0.258 e. The lowest BCUT2D eigenvalue weighted by Gasteiger charge is -2.20. The Balaban J connectivity index is 1.50. The van der Waals surface area contributed by atoms with Crippen LogP contribution in [0, 0.1) is 0 Å². The zero-order valence-corrected chi connectivity index (χ0v) is 14.0. The lowest BCUT2D eigenvalue weighted by atomic mass is 10.1. The van der Waals surface area contributed by atoms with Gasteiger partial charge in [-0.25, -0.2) is 4.98 Å². The van der Waals surface area contributed by atoms with Gasteiger partial charge in [0.1, 0.15) is 25.8 Å². The van der Waals surface area contributed by atoms with Crippen LogP contribution in [0.15, 0.2) is 47.3 Å². The van der Waals surface area contributed by atoms with Gasteiger partial charge in [0.05, 0.1) is 10.9 Å². The number of ether oxygens (including phenoxy) is 2. The predicted molar refractivity (Wildman–Crippen MR) is 93.8 cm³/mol. The molecule has 0 fully saturated rings. The summed E-state index contributed by atoms with van der Waals surface area (Å²) < 4.78 is 11.2. The van der Waals surface area contributed by atoms with Crippen LogP contribution in [0.3, 0.4) is 0 Å². The van der Waals surface area contributed by atoms with Gasteiger partial charge in [0.25, 0.3) is 5.56 Å². The van der Waals surface area contributed by atoms with Crippen LogP contribution in [0.2, 0.25) is 0 Å². The van der Waals surface area contributed by atoms with Crippen molar-refractivity contribution in [3.8, 4) is 11.5 Å². The molecule has 0 spiro atoms. The van der Waals surface area contributed by atoms with Gasteiger partial charge in [-0.2, -0.15) is 0 Å². The number of fused-ring (bicyclic) bond motifs is 2. The van der Waals surface area contributed by atoms with Crippen molar-refractivity contribution in [3.63, 3.8) is 0 Å². The average Bonchev–Trinajstić information content (AvgIpc) is 2.66. The summed E-state index contributed by atoms with van der Waals surface area (Å²) in [4.78, 5) is 19.5. The number of H-pyrrole nitrogens is 1. The number of nitrogens with zero attached hydrogens (tertiary/aromatic N) is 1. The molecule has 0 bridgehead atoms. The fourth-order valence-electron chi connectivity index (χ4n) is 3.00. The summed E-state index contributed by atoms with van der Waals surface area (Å²) >= 11 is 0. The third kappa shape index (κ3) is 3.21. The van der Waals surface area contributed by atoms with E-state index in [9.17, 15) is 4.79 Å². The van der Waals surface area contributed by atoms with Crippen LogP contribution in [0.4, 0.5) is 0 Å². The molecular weight excluding hydrogens is 318 g/mol. The van der Waals surface area contributed by atoms with Crippen LogP contribution in [-0.4, -0.2) is 23.2 Å². The van der Waals surface area contributed by atoms with Gasteiger partial charge in [-0.05, 0) is 37.3 Å². The van der Waals surface area contributed by atoms with E-state index in [1.54, 1.807) is 6.07 Å². The molecule has 1 aliphatic heterocycles. The minimum atomic E-state index is -0.0963. The number of aromatic amines is 1. The van der Waals surface area contributed by atoms with Gasteiger partial charge < -0.3 is 19.8 Å². The van der Waals surface area contributed by atoms with Gasteiger partial charge in [0.2, 0.25) is 0 Å². The molecule has 3 N–H and O–H groups in total. The molecule has 0 radical (unpaired) electrons. The topological polar surface area (TPSA) is 80.8 Å². The molecule has 6 nitrogen and oxygen atoms in total. The third-order valence-electron chi connectivity index (χ3n) is 4.42. The lowest BCUT2D eigenvalue weighted by Crippen LogP contribution is -2.83. The maximum absolute atomic E-state index is 12.1. The molecule has 25 heavy (non-hydrogen) atoms. The molecule has 2 heterocycles. The molecule has 128 valence electrons. The number of aromatic nitrogens is 2. The van der Waals surface area contributed by atoms with Gasteiger partial charge in [-0.3, -0.25) is 4.79 Å². The number of rotatable bonds is 4. The van der Waals surface area contributed by atoms with E-state index >= 15 is 0 Å². The first-order chi connectivity index (χ1) is 12.2. The van der Waals surface area contributed by atoms with E-state index in [1.807, 2.05) is 36.4 Å². The molecule has 6 heteroatoms. The van der Waals surface area contributed by atoms with E-state index in [1.165, 1.54) is 0 Å². The van der Waals surface area contributed by atoms with E-state index < -0.39 is 0 Å². The van der Waals surface area contributed by atoms with E-state index in [-0.39, 0.29) is 11.6 Å². The van der Waals surface area contributed by atoms with E-state index in [0.717, 1.165) is 22.6 Å². The van der Waals surface area contributed by atoms with E-state index in [4.69, 9.17) is 9.47 Å². The highest BCUT2D eigenvalue weighted by molar-refractivity contribution is 5.77. The number of para-hydroxylation sites is 1. The Bertz CT molecular complexity index is 968. The zero-order chi connectivity index (χ0) is 17.2. The number of quaternary nitrogens is 1. The van der Waals surface area contributed by atoms with E-state index in [0.29, 0.717) is 31.0 Å². The Hall–Kier alpha value is -2.86. The highest BCUT2D eigenvalue weighted by Crippen LogP contribution is 2.31. The minimum absolute atomic E-state index is 0.0963. The molecule has 1 aliphatic rings. The predicted octanol–water partition coefficient (Wildman–Crippen LogP) is 1.52. The summed E-state index contributed by atoms with van der Waals surface area (Å²) in [5.41, 5.74) is 1.77. The second-order valence-corrected chi connectivity index (χ2v) is 6.16. The molecule has 0 saturated carbocycles. The van der Waals surface area contributed by atoms with Crippen molar-refractivity contribution < 1.29 is 14.8 Å². The quantitative estimate of drug-likeness (QED) is 0.756. The Labute approximate surface area is 144 Å². The van der Waals surface area contributed by atoms with Gasteiger partial charge in [-0.15, -0.1) is 0 Å². The number of nitrogens with two attached hydrogens (primary N) is 1.